The van der Waals surface area contributed by atoms with Gasteiger partial charge in [-0.05, 0) is 23.8 Å². The van der Waals surface area contributed by atoms with E-state index in [9.17, 15) is 9.90 Å². The molecular formula is C17H18O5. The summed E-state index contributed by atoms with van der Waals surface area (Å²) in [5.74, 6) is 0.664. The molecule has 0 aliphatic rings. The molecule has 0 amide bonds. The number of benzene rings is 2. The molecule has 0 heterocycles. The molecule has 1 N–H and O–H groups in total. The highest BCUT2D eigenvalue weighted by molar-refractivity contribution is 5.73. The van der Waals surface area contributed by atoms with Gasteiger partial charge in [-0.1, -0.05) is 24.3 Å². The van der Waals surface area contributed by atoms with E-state index in [1.165, 1.54) is 0 Å². The van der Waals surface area contributed by atoms with Crippen molar-refractivity contribution >= 4 is 5.97 Å². The molecule has 22 heavy (non-hydrogen) atoms. The smallest absolute Gasteiger partial charge is 0.345 e. The number of para-hydroxylation sites is 1. The van der Waals surface area contributed by atoms with Gasteiger partial charge in [0.05, 0.1) is 14.2 Å². The summed E-state index contributed by atoms with van der Waals surface area (Å²) >= 11 is 0. The fraction of sp³-hybridized carbons (Fsp3) is 0.235. The summed E-state index contributed by atoms with van der Waals surface area (Å²) in [5.41, 5.74) is 0.778. The lowest BCUT2D eigenvalue weighted by Gasteiger charge is -2.17. The summed E-state index contributed by atoms with van der Waals surface area (Å²) in [4.78, 5) is 11.5. The Morgan fingerprint density at radius 2 is 1.77 bits per heavy atom. The van der Waals surface area contributed by atoms with Gasteiger partial charge in [0.25, 0.3) is 0 Å². The first-order chi connectivity index (χ1) is 10.6. The van der Waals surface area contributed by atoms with Gasteiger partial charge in [-0.2, -0.15) is 0 Å². The Hall–Kier alpha value is -2.69. The monoisotopic (exact) mass is 302 g/mol. The summed E-state index contributed by atoms with van der Waals surface area (Å²) < 4.78 is 15.9. The summed E-state index contributed by atoms with van der Waals surface area (Å²) in [5, 5.41) is 9.39. The number of hydrogen-bond acceptors (Lipinski definition) is 4. The topological polar surface area (TPSA) is 65.0 Å². The van der Waals surface area contributed by atoms with Gasteiger partial charge in [0, 0.05) is 12.5 Å². The Morgan fingerprint density at radius 1 is 1.05 bits per heavy atom. The van der Waals surface area contributed by atoms with Crippen LogP contribution in [-0.4, -0.2) is 31.4 Å². The molecule has 0 radical (unpaired) electrons. The van der Waals surface area contributed by atoms with Gasteiger partial charge in [0.2, 0.25) is 0 Å². The maximum absolute atomic E-state index is 11.5. The van der Waals surface area contributed by atoms with Crippen molar-refractivity contribution in [1.82, 2.24) is 0 Å². The SMILES string of the molecule is COc1cccc(O[C@@H](Cc2ccccc2OC)C(=O)O)c1. The first-order valence-electron chi connectivity index (χ1n) is 6.79. The zero-order valence-electron chi connectivity index (χ0n) is 12.5. The first kappa shape index (κ1) is 15.7. The van der Waals surface area contributed by atoms with E-state index in [0.717, 1.165) is 5.56 Å². The number of carboxylic acid groups (broad SMARTS) is 1. The fourth-order valence-corrected chi connectivity index (χ4v) is 2.09. The molecule has 0 saturated carbocycles. The molecule has 116 valence electrons. The molecule has 0 saturated heterocycles. The quantitative estimate of drug-likeness (QED) is 0.852. The number of carbonyl (C=O) groups is 1. The van der Waals surface area contributed by atoms with E-state index in [1.54, 1.807) is 44.6 Å². The predicted octanol–water partition coefficient (Wildman–Crippen LogP) is 2.78. The molecule has 2 aromatic rings. The maximum atomic E-state index is 11.5. The maximum Gasteiger partial charge on any atom is 0.345 e. The van der Waals surface area contributed by atoms with Crippen LogP contribution >= 0.6 is 0 Å². The van der Waals surface area contributed by atoms with E-state index in [1.807, 2.05) is 18.2 Å². The van der Waals surface area contributed by atoms with Crippen LogP contribution in [-0.2, 0) is 11.2 Å². The average molecular weight is 302 g/mol. The molecule has 5 nitrogen and oxygen atoms in total. The van der Waals surface area contributed by atoms with Crippen LogP contribution in [0.4, 0.5) is 0 Å². The largest absolute Gasteiger partial charge is 0.497 e. The van der Waals surface area contributed by atoms with Gasteiger partial charge in [0.15, 0.2) is 6.10 Å². The second-order valence-corrected chi connectivity index (χ2v) is 4.64. The third kappa shape index (κ3) is 3.91. The Kier molecular flexibility index (Phi) is 5.25. The first-order valence-corrected chi connectivity index (χ1v) is 6.79. The van der Waals surface area contributed by atoms with E-state index >= 15 is 0 Å². The highest BCUT2D eigenvalue weighted by atomic mass is 16.5. The van der Waals surface area contributed by atoms with Gasteiger partial charge in [-0.25, -0.2) is 4.79 Å². The van der Waals surface area contributed by atoms with Crippen molar-refractivity contribution in [3.63, 3.8) is 0 Å². The minimum atomic E-state index is -1.03. The number of aliphatic carboxylic acids is 1. The van der Waals surface area contributed by atoms with E-state index in [0.29, 0.717) is 17.2 Å². The van der Waals surface area contributed by atoms with E-state index in [-0.39, 0.29) is 6.42 Å². The summed E-state index contributed by atoms with van der Waals surface area (Å²) in [6, 6.07) is 14.1. The number of hydrogen-bond donors (Lipinski definition) is 1. The molecule has 0 bridgehead atoms. The van der Waals surface area contributed by atoms with Crippen molar-refractivity contribution in [2.75, 3.05) is 14.2 Å². The van der Waals surface area contributed by atoms with Crippen LogP contribution in [0, 0.1) is 0 Å². The molecule has 0 aliphatic carbocycles. The van der Waals surface area contributed by atoms with Crippen LogP contribution in [0.3, 0.4) is 0 Å². The zero-order valence-corrected chi connectivity index (χ0v) is 12.5. The van der Waals surface area contributed by atoms with Crippen molar-refractivity contribution < 1.29 is 24.1 Å². The lowest BCUT2D eigenvalue weighted by Crippen LogP contribution is -2.29. The van der Waals surface area contributed by atoms with E-state index < -0.39 is 12.1 Å². The van der Waals surface area contributed by atoms with Crippen molar-refractivity contribution in [2.45, 2.75) is 12.5 Å². The average Bonchev–Trinajstić information content (AvgIpc) is 2.54. The molecule has 2 aromatic carbocycles. The fourth-order valence-electron chi connectivity index (χ4n) is 2.09. The number of methoxy groups -OCH3 is 2. The Bertz CT molecular complexity index is 638. The van der Waals surface area contributed by atoms with Crippen molar-refractivity contribution in [3.8, 4) is 17.2 Å². The van der Waals surface area contributed by atoms with E-state index in [2.05, 4.69) is 0 Å². The summed E-state index contributed by atoms with van der Waals surface area (Å²) in [7, 11) is 3.10. The van der Waals surface area contributed by atoms with Crippen LogP contribution in [0.5, 0.6) is 17.2 Å². The summed E-state index contributed by atoms with van der Waals surface area (Å²) in [6.45, 7) is 0. The van der Waals surface area contributed by atoms with E-state index in [4.69, 9.17) is 14.2 Å². The van der Waals surface area contributed by atoms with Crippen LogP contribution in [0.1, 0.15) is 5.56 Å². The lowest BCUT2D eigenvalue weighted by molar-refractivity contribution is -0.145. The van der Waals surface area contributed by atoms with Crippen LogP contribution in [0.15, 0.2) is 48.5 Å². The molecule has 2 rings (SSSR count). The normalized spacial score (nSPS) is 11.5. The van der Waals surface area contributed by atoms with Crippen LogP contribution in [0.25, 0.3) is 0 Å². The number of ether oxygens (including phenoxy) is 3. The molecule has 0 spiro atoms. The third-order valence-electron chi connectivity index (χ3n) is 3.19. The van der Waals surface area contributed by atoms with Crippen molar-refractivity contribution in [3.05, 3.63) is 54.1 Å². The number of rotatable bonds is 7. The predicted molar refractivity (Wildman–Crippen MR) is 81.7 cm³/mol. The summed E-state index contributed by atoms with van der Waals surface area (Å²) in [6.07, 6.45) is -0.806. The number of carboxylic acids is 1. The Morgan fingerprint density at radius 3 is 2.45 bits per heavy atom. The van der Waals surface area contributed by atoms with Gasteiger partial charge in [-0.3, -0.25) is 0 Å². The Labute approximate surface area is 129 Å². The third-order valence-corrected chi connectivity index (χ3v) is 3.19. The standard InChI is InChI=1S/C17H18O5/c1-20-13-7-5-8-14(11-13)22-16(17(18)19)10-12-6-3-4-9-15(12)21-2/h3-9,11,16H,10H2,1-2H3,(H,18,19)/t16-/m0/s1. The minimum absolute atomic E-state index is 0.205. The lowest BCUT2D eigenvalue weighted by atomic mass is 10.1. The second-order valence-electron chi connectivity index (χ2n) is 4.64. The molecular weight excluding hydrogens is 284 g/mol. The van der Waals surface area contributed by atoms with Gasteiger partial charge >= 0.3 is 5.97 Å². The van der Waals surface area contributed by atoms with Gasteiger partial charge < -0.3 is 19.3 Å². The molecule has 0 aliphatic heterocycles. The van der Waals surface area contributed by atoms with Gasteiger partial charge in [-0.15, -0.1) is 0 Å². The molecule has 5 heteroatoms. The van der Waals surface area contributed by atoms with Crippen LogP contribution in [0.2, 0.25) is 0 Å². The second kappa shape index (κ2) is 7.36. The van der Waals surface area contributed by atoms with Gasteiger partial charge in [0.1, 0.15) is 17.2 Å². The molecule has 0 aromatic heterocycles. The highest BCUT2D eigenvalue weighted by Crippen LogP contribution is 2.23. The molecule has 0 fully saturated rings. The zero-order chi connectivity index (χ0) is 15.9. The van der Waals surface area contributed by atoms with Crippen molar-refractivity contribution in [1.29, 1.82) is 0 Å². The molecule has 1 atom stereocenters. The Balaban J connectivity index is 2.18. The van der Waals surface area contributed by atoms with Crippen LogP contribution < -0.4 is 14.2 Å². The highest BCUT2D eigenvalue weighted by Gasteiger charge is 2.22. The molecule has 0 unspecified atom stereocenters. The van der Waals surface area contributed by atoms with Crippen molar-refractivity contribution in [2.24, 2.45) is 0 Å². The minimum Gasteiger partial charge on any atom is -0.497 e.